The van der Waals surface area contributed by atoms with Crippen LogP contribution in [0.15, 0.2) is 55.1 Å². The van der Waals surface area contributed by atoms with E-state index in [1.54, 1.807) is 36.4 Å². The molecule has 130 valence electrons. The zero-order chi connectivity index (χ0) is 18.0. The topological polar surface area (TPSA) is 71.2 Å². The summed E-state index contributed by atoms with van der Waals surface area (Å²) >= 11 is 18.1. The Hall–Kier alpha value is -1.63. The van der Waals surface area contributed by atoms with Crippen LogP contribution < -0.4 is 0 Å². The average Bonchev–Trinajstić information content (AvgIpc) is 3.07. The zero-order valence-corrected chi connectivity index (χ0v) is 15.1. The van der Waals surface area contributed by atoms with Gasteiger partial charge in [-0.2, -0.15) is 5.10 Å². The molecule has 0 unspecified atom stereocenters. The molecule has 8 heteroatoms. The van der Waals surface area contributed by atoms with Crippen molar-refractivity contribution in [2.75, 3.05) is 0 Å². The molecule has 2 N–H and O–H groups in total. The van der Waals surface area contributed by atoms with Crippen molar-refractivity contribution in [2.24, 2.45) is 0 Å². The lowest BCUT2D eigenvalue weighted by Crippen LogP contribution is -2.38. The van der Waals surface area contributed by atoms with E-state index in [0.29, 0.717) is 21.2 Å². The first-order valence-electron chi connectivity index (χ1n) is 7.34. The van der Waals surface area contributed by atoms with Gasteiger partial charge in [0.25, 0.3) is 0 Å². The van der Waals surface area contributed by atoms with E-state index in [9.17, 15) is 10.2 Å². The van der Waals surface area contributed by atoms with Gasteiger partial charge in [0.1, 0.15) is 24.4 Å². The van der Waals surface area contributed by atoms with E-state index < -0.39 is 11.7 Å². The molecule has 0 aliphatic heterocycles. The highest BCUT2D eigenvalue weighted by atomic mass is 35.5. The van der Waals surface area contributed by atoms with E-state index in [0.717, 1.165) is 0 Å². The lowest BCUT2D eigenvalue weighted by atomic mass is 9.84. The predicted molar refractivity (Wildman–Crippen MR) is 96.8 cm³/mol. The third-order valence-corrected chi connectivity index (χ3v) is 4.71. The molecule has 0 saturated heterocycles. The smallest absolute Gasteiger partial charge is 0.140 e. The largest absolute Gasteiger partial charge is 0.385 e. The molecule has 1 aromatic heterocycles. The van der Waals surface area contributed by atoms with Crippen molar-refractivity contribution in [3.05, 3.63) is 81.3 Å². The van der Waals surface area contributed by atoms with Crippen molar-refractivity contribution in [3.63, 3.8) is 0 Å². The van der Waals surface area contributed by atoms with E-state index in [-0.39, 0.29) is 11.6 Å². The Balaban J connectivity index is 2.09. The monoisotopic (exact) mass is 397 g/mol. The Labute approximate surface area is 159 Å². The number of hydrogen-bond donors (Lipinski definition) is 2. The van der Waals surface area contributed by atoms with Crippen molar-refractivity contribution in [2.45, 2.75) is 18.2 Å². The maximum absolute atomic E-state index is 11.4. The van der Waals surface area contributed by atoms with Crippen molar-refractivity contribution in [1.29, 1.82) is 0 Å². The van der Waals surface area contributed by atoms with Gasteiger partial charge >= 0.3 is 0 Å². The first-order valence-corrected chi connectivity index (χ1v) is 8.47. The van der Waals surface area contributed by atoms with E-state index in [4.69, 9.17) is 34.8 Å². The van der Waals surface area contributed by atoms with Crippen LogP contribution in [-0.2, 0) is 12.1 Å². The van der Waals surface area contributed by atoms with Crippen LogP contribution >= 0.6 is 34.8 Å². The summed E-state index contributed by atoms with van der Waals surface area (Å²) in [6.45, 7) is -0.0574. The number of aromatic nitrogens is 3. The molecule has 0 saturated carbocycles. The fourth-order valence-electron chi connectivity index (χ4n) is 2.64. The molecular weight excluding hydrogens is 385 g/mol. The summed E-state index contributed by atoms with van der Waals surface area (Å²) in [5.74, 6) is 0. The van der Waals surface area contributed by atoms with Gasteiger partial charge < -0.3 is 10.2 Å². The summed E-state index contributed by atoms with van der Waals surface area (Å²) in [6.07, 6.45) is 1.51. The number of benzene rings is 2. The van der Waals surface area contributed by atoms with E-state index >= 15 is 0 Å². The highest BCUT2D eigenvalue weighted by molar-refractivity contribution is 6.35. The number of rotatable bonds is 5. The second-order valence-electron chi connectivity index (χ2n) is 5.60. The Morgan fingerprint density at radius 3 is 2.32 bits per heavy atom. The Morgan fingerprint density at radius 1 is 1.04 bits per heavy atom. The standard InChI is InChI=1S/C17H14Cl3N3O2/c18-12-3-1-11(2-4-12)16(24)17(25,8-23-10-21-9-22-23)14-6-5-13(19)7-15(14)20/h1-7,9-10,16,24-25H,8H2/t16-,17+/m1/s1. The third-order valence-electron chi connectivity index (χ3n) is 3.91. The van der Waals surface area contributed by atoms with Gasteiger partial charge in [0.05, 0.1) is 6.54 Å². The molecule has 25 heavy (non-hydrogen) atoms. The van der Waals surface area contributed by atoms with Gasteiger partial charge in [0, 0.05) is 20.6 Å². The first kappa shape index (κ1) is 18.2. The lowest BCUT2D eigenvalue weighted by molar-refractivity contribution is -0.0964. The van der Waals surface area contributed by atoms with Crippen LogP contribution in [0.4, 0.5) is 0 Å². The highest BCUT2D eigenvalue weighted by Gasteiger charge is 2.41. The van der Waals surface area contributed by atoms with Gasteiger partial charge in [0.15, 0.2) is 0 Å². The summed E-state index contributed by atoms with van der Waals surface area (Å²) in [6, 6.07) is 11.3. The van der Waals surface area contributed by atoms with E-state index in [1.807, 2.05) is 0 Å². The van der Waals surface area contributed by atoms with Gasteiger partial charge in [0.2, 0.25) is 0 Å². The molecule has 3 aromatic rings. The normalized spacial score (nSPS) is 14.9. The summed E-state index contributed by atoms with van der Waals surface area (Å²) < 4.78 is 1.42. The third kappa shape index (κ3) is 3.81. The second-order valence-corrected chi connectivity index (χ2v) is 6.88. The molecule has 0 amide bonds. The molecule has 2 aromatic carbocycles. The molecule has 3 rings (SSSR count). The zero-order valence-electron chi connectivity index (χ0n) is 12.9. The minimum atomic E-state index is -1.76. The minimum absolute atomic E-state index is 0.0574. The van der Waals surface area contributed by atoms with Crippen LogP contribution in [0.1, 0.15) is 17.2 Å². The predicted octanol–water partition coefficient (Wildman–Crippen LogP) is 3.86. The molecule has 0 radical (unpaired) electrons. The Morgan fingerprint density at radius 2 is 1.72 bits per heavy atom. The Bertz CT molecular complexity index is 856. The summed E-state index contributed by atoms with van der Waals surface area (Å²) in [5.41, 5.74) is -0.946. The van der Waals surface area contributed by atoms with E-state index in [1.165, 1.54) is 23.4 Å². The number of aliphatic hydroxyl groups is 2. The van der Waals surface area contributed by atoms with Gasteiger partial charge in [-0.15, -0.1) is 0 Å². The van der Waals surface area contributed by atoms with Crippen LogP contribution in [-0.4, -0.2) is 25.0 Å². The van der Waals surface area contributed by atoms with Crippen molar-refractivity contribution in [1.82, 2.24) is 14.8 Å². The number of hydrogen-bond acceptors (Lipinski definition) is 4. The van der Waals surface area contributed by atoms with Crippen molar-refractivity contribution in [3.8, 4) is 0 Å². The molecule has 0 spiro atoms. The van der Waals surface area contributed by atoms with Crippen LogP contribution in [0.3, 0.4) is 0 Å². The maximum Gasteiger partial charge on any atom is 0.140 e. The number of halogens is 3. The fraction of sp³-hybridized carbons (Fsp3) is 0.176. The van der Waals surface area contributed by atoms with Gasteiger partial charge in [-0.25, -0.2) is 9.67 Å². The van der Waals surface area contributed by atoms with Gasteiger partial charge in [-0.3, -0.25) is 0 Å². The second kappa shape index (κ2) is 7.32. The molecule has 5 nitrogen and oxygen atoms in total. The molecule has 1 heterocycles. The van der Waals surface area contributed by atoms with Crippen LogP contribution in [0.2, 0.25) is 15.1 Å². The molecular formula is C17H14Cl3N3O2. The fourth-order valence-corrected chi connectivity index (χ4v) is 3.34. The maximum atomic E-state index is 11.4. The SMILES string of the molecule is O[C@H](c1ccc(Cl)cc1)[C@](O)(Cn1cncn1)c1ccc(Cl)cc1Cl. The quantitative estimate of drug-likeness (QED) is 0.684. The van der Waals surface area contributed by atoms with E-state index in [2.05, 4.69) is 10.1 Å². The molecule has 2 atom stereocenters. The van der Waals surface area contributed by atoms with Gasteiger partial charge in [-0.05, 0) is 29.8 Å². The van der Waals surface area contributed by atoms with Gasteiger partial charge in [-0.1, -0.05) is 53.0 Å². The summed E-state index contributed by atoms with van der Waals surface area (Å²) in [4.78, 5) is 3.87. The molecule has 0 aliphatic rings. The molecule has 0 aliphatic carbocycles. The first-order chi connectivity index (χ1) is 11.9. The molecule has 0 bridgehead atoms. The minimum Gasteiger partial charge on any atom is -0.385 e. The van der Waals surface area contributed by atoms with Crippen LogP contribution in [0.25, 0.3) is 0 Å². The van der Waals surface area contributed by atoms with Crippen molar-refractivity contribution >= 4 is 34.8 Å². The lowest BCUT2D eigenvalue weighted by Gasteiger charge is -2.34. The average molecular weight is 399 g/mol. The number of aliphatic hydroxyl groups excluding tert-OH is 1. The van der Waals surface area contributed by atoms with Crippen molar-refractivity contribution < 1.29 is 10.2 Å². The Kier molecular flexibility index (Phi) is 5.32. The highest BCUT2D eigenvalue weighted by Crippen LogP contribution is 2.40. The summed E-state index contributed by atoms with van der Waals surface area (Å²) in [5, 5.41) is 27.6. The van der Waals surface area contributed by atoms with Crippen LogP contribution in [0, 0.1) is 0 Å². The van der Waals surface area contributed by atoms with Crippen LogP contribution in [0.5, 0.6) is 0 Å². The number of nitrogens with zero attached hydrogens (tertiary/aromatic N) is 3. The molecule has 0 fully saturated rings. The summed E-state index contributed by atoms with van der Waals surface area (Å²) in [7, 11) is 0.